The third-order valence-electron chi connectivity index (χ3n) is 9.08. The largest absolute Gasteiger partial charge is 0.481 e. The molecule has 2 saturated heterocycles. The van der Waals surface area contributed by atoms with Crippen molar-refractivity contribution < 1.29 is 32.6 Å². The number of nitrogens with zero attached hydrogens (tertiary/aromatic N) is 3. The van der Waals surface area contributed by atoms with Crippen molar-refractivity contribution in [1.82, 2.24) is 9.80 Å². The standard InChI is InChI=1S/C29H36F3N3O4/c1-19-25(20(2)33-14-16-35(17-15-33)24-5-3-4-22(18-24)29(30,31)32)28(39-27(19)38)10-12-34(13-11-28)23-8-6-21(7-9-23)26(36)37/h3-5,18,21,23H,2,6-17H2,1H3,(H,36,37). The second-order valence-electron chi connectivity index (χ2n) is 11.2. The maximum atomic E-state index is 13.2. The number of rotatable bonds is 5. The summed E-state index contributed by atoms with van der Waals surface area (Å²) < 4.78 is 45.6. The van der Waals surface area contributed by atoms with E-state index >= 15 is 0 Å². The van der Waals surface area contributed by atoms with E-state index in [0.717, 1.165) is 43.3 Å². The Hall–Kier alpha value is -3.01. The third-order valence-corrected chi connectivity index (χ3v) is 9.08. The lowest BCUT2D eigenvalue weighted by Crippen LogP contribution is -2.52. The molecule has 1 saturated carbocycles. The fraction of sp³-hybridized carbons (Fsp3) is 0.586. The molecule has 10 heteroatoms. The summed E-state index contributed by atoms with van der Waals surface area (Å²) in [4.78, 5) is 30.6. The monoisotopic (exact) mass is 547 g/mol. The zero-order valence-corrected chi connectivity index (χ0v) is 22.3. The van der Waals surface area contributed by atoms with Crippen LogP contribution in [0.2, 0.25) is 0 Å². The zero-order valence-electron chi connectivity index (χ0n) is 22.3. The molecule has 7 nitrogen and oxygen atoms in total. The molecule has 3 heterocycles. The Morgan fingerprint density at radius 3 is 2.28 bits per heavy atom. The van der Waals surface area contributed by atoms with Gasteiger partial charge in [0.1, 0.15) is 5.60 Å². The minimum Gasteiger partial charge on any atom is -0.481 e. The van der Waals surface area contributed by atoms with Crippen molar-refractivity contribution >= 4 is 17.6 Å². The van der Waals surface area contributed by atoms with Gasteiger partial charge in [0.15, 0.2) is 0 Å². The van der Waals surface area contributed by atoms with Crippen LogP contribution >= 0.6 is 0 Å². The first-order valence-corrected chi connectivity index (χ1v) is 13.8. The number of piperidine rings is 1. The Labute approximate surface area is 226 Å². The van der Waals surface area contributed by atoms with Gasteiger partial charge in [-0.2, -0.15) is 13.2 Å². The maximum Gasteiger partial charge on any atom is 0.416 e. The van der Waals surface area contributed by atoms with Crippen LogP contribution in [0.15, 0.2) is 47.7 Å². The topological polar surface area (TPSA) is 73.3 Å². The van der Waals surface area contributed by atoms with Crippen LogP contribution < -0.4 is 4.90 Å². The molecule has 0 bridgehead atoms. The number of likely N-dealkylation sites (tertiary alicyclic amines) is 1. The van der Waals surface area contributed by atoms with Gasteiger partial charge in [0.05, 0.1) is 11.5 Å². The van der Waals surface area contributed by atoms with Gasteiger partial charge >= 0.3 is 18.1 Å². The number of hydrogen-bond acceptors (Lipinski definition) is 6. The van der Waals surface area contributed by atoms with E-state index in [1.54, 1.807) is 13.0 Å². The summed E-state index contributed by atoms with van der Waals surface area (Å²) in [7, 11) is 0. The van der Waals surface area contributed by atoms with Gasteiger partial charge in [0.25, 0.3) is 0 Å². The molecule has 0 atom stereocenters. The van der Waals surface area contributed by atoms with E-state index in [0.29, 0.717) is 69.2 Å². The highest BCUT2D eigenvalue weighted by Crippen LogP contribution is 2.46. The highest BCUT2D eigenvalue weighted by molar-refractivity contribution is 5.93. The molecule has 0 amide bonds. The molecular formula is C29H36F3N3O4. The van der Waals surface area contributed by atoms with E-state index in [4.69, 9.17) is 4.74 Å². The second kappa shape index (κ2) is 10.5. The Morgan fingerprint density at radius 2 is 1.69 bits per heavy atom. The number of piperazine rings is 1. The highest BCUT2D eigenvalue weighted by Gasteiger charge is 2.50. The summed E-state index contributed by atoms with van der Waals surface area (Å²) in [5.41, 5.74) is 1.37. The fourth-order valence-corrected chi connectivity index (χ4v) is 6.79. The lowest BCUT2D eigenvalue weighted by Gasteiger charge is -2.46. The first kappa shape index (κ1) is 27.6. The van der Waals surface area contributed by atoms with Gasteiger partial charge < -0.3 is 24.5 Å². The molecule has 1 aliphatic carbocycles. The van der Waals surface area contributed by atoms with Crippen LogP contribution in [-0.2, 0) is 20.5 Å². The Bertz CT molecular complexity index is 1160. The van der Waals surface area contributed by atoms with Gasteiger partial charge in [-0.3, -0.25) is 4.79 Å². The summed E-state index contributed by atoms with van der Waals surface area (Å²) in [6.07, 6.45) is 0.0743. The second-order valence-corrected chi connectivity index (χ2v) is 11.2. The molecule has 5 rings (SSSR count). The summed E-state index contributed by atoms with van der Waals surface area (Å²) in [5, 5.41) is 9.30. The SMILES string of the molecule is C=C(C1=C(C)C(=O)OC12CCN(C1CCC(C(=O)O)CC1)CC2)N1CCN(c2cccc(C(F)(F)F)c2)CC1. The number of carboxylic acid groups (broad SMARTS) is 1. The Kier molecular flexibility index (Phi) is 7.43. The average Bonchev–Trinajstić information content (AvgIpc) is 3.17. The summed E-state index contributed by atoms with van der Waals surface area (Å²) in [5.74, 6) is -1.27. The van der Waals surface area contributed by atoms with Gasteiger partial charge in [0, 0.05) is 80.7 Å². The molecule has 4 aliphatic rings. The minimum absolute atomic E-state index is 0.247. The molecule has 1 spiro atoms. The molecular weight excluding hydrogens is 511 g/mol. The number of esters is 1. The molecule has 1 N–H and O–H groups in total. The number of ether oxygens (including phenoxy) is 1. The van der Waals surface area contributed by atoms with Crippen LogP contribution in [0.3, 0.4) is 0 Å². The van der Waals surface area contributed by atoms with Crippen molar-refractivity contribution in [1.29, 1.82) is 0 Å². The van der Waals surface area contributed by atoms with Crippen molar-refractivity contribution in [3.63, 3.8) is 0 Å². The first-order valence-electron chi connectivity index (χ1n) is 13.8. The predicted octanol–water partition coefficient (Wildman–Crippen LogP) is 4.69. The molecule has 3 aliphatic heterocycles. The highest BCUT2D eigenvalue weighted by atomic mass is 19.4. The maximum absolute atomic E-state index is 13.2. The quantitative estimate of drug-likeness (QED) is 0.536. The van der Waals surface area contributed by atoms with E-state index in [9.17, 15) is 27.9 Å². The average molecular weight is 548 g/mol. The molecule has 212 valence electrons. The van der Waals surface area contributed by atoms with Crippen molar-refractivity contribution in [3.05, 3.63) is 53.3 Å². The van der Waals surface area contributed by atoms with Crippen molar-refractivity contribution in [2.75, 3.05) is 44.2 Å². The number of carbonyl (C=O) groups excluding carboxylic acids is 1. The lowest BCUT2D eigenvalue weighted by atomic mass is 9.79. The fourth-order valence-electron chi connectivity index (χ4n) is 6.79. The molecule has 0 aromatic heterocycles. The number of aliphatic carboxylic acids is 1. The smallest absolute Gasteiger partial charge is 0.416 e. The van der Waals surface area contributed by atoms with E-state index in [2.05, 4.69) is 16.4 Å². The Morgan fingerprint density at radius 1 is 1.05 bits per heavy atom. The summed E-state index contributed by atoms with van der Waals surface area (Å²) in [6.45, 7) is 9.94. The number of carbonyl (C=O) groups is 2. The summed E-state index contributed by atoms with van der Waals surface area (Å²) in [6, 6.07) is 5.77. The minimum atomic E-state index is -4.38. The molecule has 39 heavy (non-hydrogen) atoms. The molecule has 1 aromatic carbocycles. The predicted molar refractivity (Wildman–Crippen MR) is 140 cm³/mol. The summed E-state index contributed by atoms with van der Waals surface area (Å²) >= 11 is 0. The number of hydrogen-bond donors (Lipinski definition) is 1. The van der Waals surface area contributed by atoms with Gasteiger partial charge in [-0.25, -0.2) is 4.79 Å². The number of alkyl halides is 3. The van der Waals surface area contributed by atoms with E-state index < -0.39 is 23.3 Å². The van der Waals surface area contributed by atoms with Crippen LogP contribution in [0.4, 0.5) is 18.9 Å². The van der Waals surface area contributed by atoms with Crippen LogP contribution in [0.1, 0.15) is 51.0 Å². The lowest BCUT2D eigenvalue weighted by molar-refractivity contribution is -0.151. The Balaban J connectivity index is 1.22. The van der Waals surface area contributed by atoms with Crippen LogP contribution in [0, 0.1) is 5.92 Å². The number of carboxylic acids is 1. The van der Waals surface area contributed by atoms with Gasteiger partial charge in [-0.15, -0.1) is 0 Å². The first-order chi connectivity index (χ1) is 18.5. The van der Waals surface area contributed by atoms with Crippen LogP contribution in [0.5, 0.6) is 0 Å². The number of anilines is 1. The van der Waals surface area contributed by atoms with Crippen LogP contribution in [-0.4, -0.2) is 77.8 Å². The van der Waals surface area contributed by atoms with Crippen molar-refractivity contribution in [2.24, 2.45) is 5.92 Å². The third kappa shape index (κ3) is 5.40. The number of halogens is 3. The van der Waals surface area contributed by atoms with Crippen molar-refractivity contribution in [2.45, 2.75) is 63.3 Å². The normalized spacial score (nSPS) is 26.2. The molecule has 1 aromatic rings. The van der Waals surface area contributed by atoms with E-state index in [1.807, 2.05) is 4.90 Å². The van der Waals surface area contributed by atoms with Gasteiger partial charge in [-0.1, -0.05) is 12.6 Å². The zero-order chi connectivity index (χ0) is 27.9. The van der Waals surface area contributed by atoms with Gasteiger partial charge in [0.2, 0.25) is 0 Å². The molecule has 0 unspecified atom stereocenters. The van der Waals surface area contributed by atoms with Crippen LogP contribution in [0.25, 0.3) is 0 Å². The van der Waals surface area contributed by atoms with E-state index in [-0.39, 0.29) is 11.9 Å². The number of benzene rings is 1. The van der Waals surface area contributed by atoms with E-state index in [1.165, 1.54) is 12.1 Å². The van der Waals surface area contributed by atoms with Crippen molar-refractivity contribution in [3.8, 4) is 0 Å². The van der Waals surface area contributed by atoms with Gasteiger partial charge in [-0.05, 0) is 50.8 Å². The molecule has 0 radical (unpaired) electrons. The molecule has 3 fully saturated rings.